The van der Waals surface area contributed by atoms with Gasteiger partial charge in [-0.25, -0.2) is 13.1 Å². The molecule has 0 spiro atoms. The highest BCUT2D eigenvalue weighted by molar-refractivity contribution is 7.89. The fourth-order valence-corrected chi connectivity index (χ4v) is 2.46. The fourth-order valence-electron chi connectivity index (χ4n) is 1.01. The van der Waals surface area contributed by atoms with Crippen LogP contribution in [0.15, 0.2) is 17.3 Å². The SMILES string of the molecule is CC(CCCl)CNS(=O)(=O)c1ccn[nH]1. The van der Waals surface area contributed by atoms with E-state index in [2.05, 4.69) is 14.9 Å². The molecule has 0 saturated carbocycles. The average molecular weight is 252 g/mol. The lowest BCUT2D eigenvalue weighted by atomic mass is 10.1. The summed E-state index contributed by atoms with van der Waals surface area (Å²) < 4.78 is 25.7. The molecule has 0 aliphatic rings. The molecule has 0 bridgehead atoms. The quantitative estimate of drug-likeness (QED) is 0.740. The number of aromatic amines is 1. The van der Waals surface area contributed by atoms with Crippen LogP contribution in [0.1, 0.15) is 13.3 Å². The standard InChI is InChI=1S/C8H14ClN3O2S/c1-7(2-4-9)6-11-15(13,14)8-3-5-10-12-8/h3,5,7,11H,2,4,6H2,1H3,(H,10,12). The Labute approximate surface area is 94.3 Å². The van der Waals surface area contributed by atoms with Crippen LogP contribution in [0, 0.1) is 5.92 Å². The van der Waals surface area contributed by atoms with Gasteiger partial charge in [-0.15, -0.1) is 11.6 Å². The Balaban J connectivity index is 2.52. The molecule has 0 fully saturated rings. The summed E-state index contributed by atoms with van der Waals surface area (Å²) in [6.45, 7) is 2.33. The van der Waals surface area contributed by atoms with Crippen molar-refractivity contribution in [1.29, 1.82) is 0 Å². The molecular weight excluding hydrogens is 238 g/mol. The minimum absolute atomic E-state index is 0.0839. The normalized spacial score (nSPS) is 14.0. The third-order valence-electron chi connectivity index (χ3n) is 1.99. The van der Waals surface area contributed by atoms with Crippen molar-refractivity contribution in [2.45, 2.75) is 18.4 Å². The molecule has 1 rings (SSSR count). The number of aromatic nitrogens is 2. The first-order valence-corrected chi connectivity index (χ1v) is 6.63. The van der Waals surface area contributed by atoms with Crippen LogP contribution in [-0.2, 0) is 10.0 Å². The topological polar surface area (TPSA) is 74.8 Å². The Morgan fingerprint density at radius 2 is 2.40 bits per heavy atom. The van der Waals surface area contributed by atoms with Crippen molar-refractivity contribution < 1.29 is 8.42 Å². The smallest absolute Gasteiger partial charge is 0.257 e. The maximum Gasteiger partial charge on any atom is 0.257 e. The predicted molar refractivity (Wildman–Crippen MR) is 58.3 cm³/mol. The molecule has 0 radical (unpaired) electrons. The number of nitrogens with one attached hydrogen (secondary N) is 2. The Hall–Kier alpha value is -0.590. The lowest BCUT2D eigenvalue weighted by molar-refractivity contribution is 0.528. The predicted octanol–water partition coefficient (Wildman–Crippen LogP) is 0.953. The summed E-state index contributed by atoms with van der Waals surface area (Å²) in [5, 5.41) is 6.08. The zero-order valence-electron chi connectivity index (χ0n) is 8.40. The summed E-state index contributed by atoms with van der Waals surface area (Å²) in [5.41, 5.74) is 0. The van der Waals surface area contributed by atoms with Gasteiger partial charge in [-0.1, -0.05) is 6.92 Å². The van der Waals surface area contributed by atoms with E-state index in [-0.39, 0.29) is 10.9 Å². The molecule has 5 nitrogen and oxygen atoms in total. The van der Waals surface area contributed by atoms with E-state index in [9.17, 15) is 8.42 Å². The lowest BCUT2D eigenvalue weighted by Gasteiger charge is -2.10. The number of nitrogens with zero attached hydrogens (tertiary/aromatic N) is 1. The second kappa shape index (κ2) is 5.48. The monoisotopic (exact) mass is 251 g/mol. The summed E-state index contributed by atoms with van der Waals surface area (Å²) in [7, 11) is -3.44. The van der Waals surface area contributed by atoms with Crippen molar-refractivity contribution in [2.75, 3.05) is 12.4 Å². The first-order chi connectivity index (χ1) is 7.06. The van der Waals surface area contributed by atoms with Gasteiger partial charge in [0.05, 0.1) is 6.20 Å². The van der Waals surface area contributed by atoms with E-state index in [1.165, 1.54) is 12.3 Å². The van der Waals surface area contributed by atoms with Crippen LogP contribution in [0.25, 0.3) is 0 Å². The van der Waals surface area contributed by atoms with Crippen molar-refractivity contribution in [3.05, 3.63) is 12.3 Å². The van der Waals surface area contributed by atoms with Gasteiger partial charge in [0.15, 0.2) is 5.03 Å². The molecule has 2 N–H and O–H groups in total. The molecule has 86 valence electrons. The van der Waals surface area contributed by atoms with E-state index in [0.29, 0.717) is 12.4 Å². The first-order valence-electron chi connectivity index (χ1n) is 4.61. The van der Waals surface area contributed by atoms with Gasteiger partial charge in [0, 0.05) is 12.4 Å². The van der Waals surface area contributed by atoms with Crippen molar-refractivity contribution >= 4 is 21.6 Å². The first kappa shape index (κ1) is 12.5. The maximum atomic E-state index is 11.6. The van der Waals surface area contributed by atoms with Crippen LogP contribution in [0.3, 0.4) is 0 Å². The molecule has 15 heavy (non-hydrogen) atoms. The highest BCUT2D eigenvalue weighted by atomic mass is 35.5. The van der Waals surface area contributed by atoms with Crippen molar-refractivity contribution in [3.63, 3.8) is 0 Å². The molecule has 1 atom stereocenters. The fraction of sp³-hybridized carbons (Fsp3) is 0.625. The van der Waals surface area contributed by atoms with Crippen LogP contribution in [0.2, 0.25) is 0 Å². The van der Waals surface area contributed by atoms with E-state index in [0.717, 1.165) is 6.42 Å². The Kier molecular flexibility index (Phi) is 4.56. The second-order valence-electron chi connectivity index (χ2n) is 3.36. The molecule has 1 aromatic rings. The average Bonchev–Trinajstić information content (AvgIpc) is 2.69. The molecule has 0 aromatic carbocycles. The van der Waals surface area contributed by atoms with Gasteiger partial charge in [-0.05, 0) is 18.4 Å². The van der Waals surface area contributed by atoms with Crippen molar-refractivity contribution in [2.24, 2.45) is 5.92 Å². The largest absolute Gasteiger partial charge is 0.266 e. The molecular formula is C8H14ClN3O2S. The number of H-pyrrole nitrogens is 1. The molecule has 0 aliphatic heterocycles. The van der Waals surface area contributed by atoms with Crippen molar-refractivity contribution in [1.82, 2.24) is 14.9 Å². The Bertz CT molecular complexity index is 377. The summed E-state index contributed by atoms with van der Waals surface area (Å²) >= 11 is 5.55. The Morgan fingerprint density at radius 3 is 2.93 bits per heavy atom. The van der Waals surface area contributed by atoms with Gasteiger partial charge < -0.3 is 0 Å². The summed E-state index contributed by atoms with van der Waals surface area (Å²) in [6.07, 6.45) is 2.18. The molecule has 1 heterocycles. The van der Waals surface area contributed by atoms with Gasteiger partial charge in [0.2, 0.25) is 0 Å². The van der Waals surface area contributed by atoms with Crippen LogP contribution in [0.4, 0.5) is 0 Å². The highest BCUT2D eigenvalue weighted by Crippen LogP contribution is 2.06. The van der Waals surface area contributed by atoms with Crippen molar-refractivity contribution in [3.8, 4) is 0 Å². The number of sulfonamides is 1. The minimum Gasteiger partial charge on any atom is -0.266 e. The van der Waals surface area contributed by atoms with E-state index in [1.54, 1.807) is 0 Å². The summed E-state index contributed by atoms with van der Waals surface area (Å²) in [5.74, 6) is 0.757. The summed E-state index contributed by atoms with van der Waals surface area (Å²) in [4.78, 5) is 0. The zero-order valence-corrected chi connectivity index (χ0v) is 9.98. The van der Waals surface area contributed by atoms with Crippen LogP contribution < -0.4 is 4.72 Å². The number of rotatable bonds is 6. The third-order valence-corrected chi connectivity index (χ3v) is 3.56. The van der Waals surface area contributed by atoms with E-state index < -0.39 is 10.0 Å². The number of hydrogen-bond acceptors (Lipinski definition) is 3. The van der Waals surface area contributed by atoms with Crippen LogP contribution >= 0.6 is 11.6 Å². The molecule has 0 aliphatic carbocycles. The number of hydrogen-bond donors (Lipinski definition) is 2. The Morgan fingerprint density at radius 1 is 1.67 bits per heavy atom. The third kappa shape index (κ3) is 3.81. The van der Waals surface area contributed by atoms with Crippen LogP contribution in [0.5, 0.6) is 0 Å². The van der Waals surface area contributed by atoms with Gasteiger partial charge in [-0.3, -0.25) is 5.10 Å². The van der Waals surface area contributed by atoms with E-state index >= 15 is 0 Å². The number of alkyl halides is 1. The second-order valence-corrected chi connectivity index (χ2v) is 5.47. The molecule has 1 unspecified atom stereocenters. The maximum absolute atomic E-state index is 11.6. The van der Waals surface area contributed by atoms with E-state index in [1.807, 2.05) is 6.92 Å². The molecule has 1 aromatic heterocycles. The van der Waals surface area contributed by atoms with Gasteiger partial charge in [-0.2, -0.15) is 5.10 Å². The van der Waals surface area contributed by atoms with Gasteiger partial charge in [0.25, 0.3) is 10.0 Å². The zero-order chi connectivity index (χ0) is 11.3. The molecule has 7 heteroatoms. The highest BCUT2D eigenvalue weighted by Gasteiger charge is 2.15. The minimum atomic E-state index is -3.44. The van der Waals surface area contributed by atoms with Gasteiger partial charge in [0.1, 0.15) is 0 Å². The molecule has 0 saturated heterocycles. The number of halogens is 1. The van der Waals surface area contributed by atoms with E-state index in [4.69, 9.17) is 11.6 Å². The molecule has 0 amide bonds. The van der Waals surface area contributed by atoms with Crippen LogP contribution in [-0.4, -0.2) is 31.0 Å². The lowest BCUT2D eigenvalue weighted by Crippen LogP contribution is -2.28. The summed E-state index contributed by atoms with van der Waals surface area (Å²) in [6, 6.07) is 1.41. The van der Waals surface area contributed by atoms with Gasteiger partial charge >= 0.3 is 0 Å².